The Morgan fingerprint density at radius 2 is 2.12 bits per heavy atom. The highest BCUT2D eigenvalue weighted by Gasteiger charge is 2.59. The molecule has 3 aliphatic carbocycles. The number of rotatable bonds is 2. The number of allylic oxidation sites excluding steroid dienone is 1. The third-order valence-electron chi connectivity index (χ3n) is 8.27. The zero-order valence-corrected chi connectivity index (χ0v) is 15.9. The number of carbonyl (C=O) groups is 2. The van der Waals surface area contributed by atoms with Crippen molar-refractivity contribution in [3.05, 3.63) is 11.6 Å². The lowest BCUT2D eigenvalue weighted by atomic mass is 9.47. The van der Waals surface area contributed by atoms with Crippen LogP contribution >= 0.6 is 0 Å². The van der Waals surface area contributed by atoms with Gasteiger partial charge >= 0.3 is 0 Å². The second-order valence-electron chi connectivity index (χ2n) is 9.28. The van der Waals surface area contributed by atoms with E-state index in [2.05, 4.69) is 36.5 Å². The van der Waals surface area contributed by atoms with Crippen molar-refractivity contribution in [2.75, 3.05) is 6.54 Å². The Bertz CT molecular complexity index is 705. The maximum absolute atomic E-state index is 12.6. The molecule has 0 radical (unpaired) electrons. The van der Waals surface area contributed by atoms with Crippen molar-refractivity contribution >= 4 is 11.8 Å². The van der Waals surface area contributed by atoms with Gasteiger partial charge in [0.05, 0.1) is 6.54 Å². The van der Waals surface area contributed by atoms with Gasteiger partial charge in [-0.15, -0.1) is 6.42 Å². The monoisotopic (exact) mass is 354 g/mol. The van der Waals surface area contributed by atoms with Crippen molar-refractivity contribution in [3.63, 3.8) is 0 Å². The van der Waals surface area contributed by atoms with Gasteiger partial charge in [-0.3, -0.25) is 9.59 Å². The van der Waals surface area contributed by atoms with E-state index in [0.717, 1.165) is 37.7 Å². The van der Waals surface area contributed by atoms with E-state index < -0.39 is 0 Å². The number of carbonyl (C=O) groups excluding carboxylic acids is 2. The van der Waals surface area contributed by atoms with Gasteiger partial charge in [-0.2, -0.15) is 0 Å². The smallest absolute Gasteiger partial charge is 0.248 e. The zero-order valence-electron chi connectivity index (χ0n) is 15.9. The van der Waals surface area contributed by atoms with Crippen molar-refractivity contribution in [1.29, 1.82) is 0 Å². The lowest BCUT2D eigenvalue weighted by Crippen LogP contribution is -2.61. The minimum atomic E-state index is -0.0268. The molecule has 4 aliphatic rings. The lowest BCUT2D eigenvalue weighted by molar-refractivity contribution is -0.136. The van der Waals surface area contributed by atoms with E-state index in [1.165, 1.54) is 6.42 Å². The van der Waals surface area contributed by atoms with Crippen LogP contribution in [0.4, 0.5) is 0 Å². The van der Waals surface area contributed by atoms with Gasteiger partial charge in [0.1, 0.15) is 0 Å². The van der Waals surface area contributed by atoms with Gasteiger partial charge in [0.2, 0.25) is 11.8 Å². The average Bonchev–Trinajstić information content (AvgIpc) is 2.97. The molecule has 4 nitrogen and oxygen atoms in total. The van der Waals surface area contributed by atoms with Crippen molar-refractivity contribution in [2.24, 2.45) is 28.6 Å². The number of terminal acetylenes is 1. The second kappa shape index (κ2) is 6.15. The van der Waals surface area contributed by atoms with Crippen LogP contribution in [0.25, 0.3) is 0 Å². The van der Waals surface area contributed by atoms with Crippen molar-refractivity contribution in [3.8, 4) is 12.3 Å². The van der Waals surface area contributed by atoms with Crippen LogP contribution in [0.15, 0.2) is 11.6 Å². The van der Waals surface area contributed by atoms with Crippen LogP contribution in [0.3, 0.4) is 0 Å². The quantitative estimate of drug-likeness (QED) is 0.749. The molecule has 2 N–H and O–H groups in total. The fourth-order valence-corrected chi connectivity index (χ4v) is 6.85. The summed E-state index contributed by atoms with van der Waals surface area (Å²) in [5.41, 5.74) is 1.15. The molecule has 0 unspecified atom stereocenters. The van der Waals surface area contributed by atoms with Crippen molar-refractivity contribution in [1.82, 2.24) is 10.6 Å². The first-order chi connectivity index (χ1) is 12.4. The fourth-order valence-electron chi connectivity index (χ4n) is 6.85. The first-order valence-electron chi connectivity index (χ1n) is 10.1. The lowest BCUT2D eigenvalue weighted by Gasteiger charge is -2.59. The molecular weight excluding hydrogens is 324 g/mol. The summed E-state index contributed by atoms with van der Waals surface area (Å²) in [6.07, 6.45) is 14.6. The van der Waals surface area contributed by atoms with E-state index in [-0.39, 0.29) is 22.6 Å². The number of hydrogen-bond acceptors (Lipinski definition) is 2. The van der Waals surface area contributed by atoms with Crippen LogP contribution in [-0.2, 0) is 9.59 Å². The summed E-state index contributed by atoms with van der Waals surface area (Å²) in [5, 5.41) is 6.15. The Labute approximate surface area is 156 Å². The average molecular weight is 354 g/mol. The number of fused-ring (bicyclic) bond motifs is 5. The predicted octanol–water partition coefficient (Wildman–Crippen LogP) is 2.79. The van der Waals surface area contributed by atoms with Gasteiger partial charge in [-0.1, -0.05) is 25.8 Å². The third kappa shape index (κ3) is 2.43. The summed E-state index contributed by atoms with van der Waals surface area (Å²) in [4.78, 5) is 24.5. The highest BCUT2D eigenvalue weighted by molar-refractivity contribution is 5.95. The van der Waals surface area contributed by atoms with Gasteiger partial charge in [0.25, 0.3) is 0 Å². The molecule has 0 aromatic rings. The molecule has 2 amide bonds. The molecular formula is C22H30N2O2. The second-order valence-corrected chi connectivity index (χ2v) is 9.28. The summed E-state index contributed by atoms with van der Waals surface area (Å²) in [7, 11) is 0. The maximum atomic E-state index is 12.6. The highest BCUT2D eigenvalue weighted by atomic mass is 16.2. The van der Waals surface area contributed by atoms with Gasteiger partial charge in [-0.05, 0) is 61.7 Å². The maximum Gasteiger partial charge on any atom is 0.248 e. The summed E-state index contributed by atoms with van der Waals surface area (Å²) in [5.74, 6) is 4.60. The van der Waals surface area contributed by atoms with Crippen LogP contribution in [0.2, 0.25) is 0 Å². The Kier molecular flexibility index (Phi) is 4.17. The van der Waals surface area contributed by atoms with E-state index in [1.54, 1.807) is 0 Å². The summed E-state index contributed by atoms with van der Waals surface area (Å²) < 4.78 is 0. The molecule has 1 heterocycles. The first-order valence-corrected chi connectivity index (χ1v) is 10.1. The van der Waals surface area contributed by atoms with Gasteiger partial charge < -0.3 is 10.6 Å². The molecule has 1 aliphatic heterocycles. The Morgan fingerprint density at radius 3 is 2.88 bits per heavy atom. The predicted molar refractivity (Wildman–Crippen MR) is 101 cm³/mol. The normalized spacial score (nSPS) is 43.9. The van der Waals surface area contributed by atoms with Crippen LogP contribution in [0, 0.1) is 40.9 Å². The molecule has 3 fully saturated rings. The van der Waals surface area contributed by atoms with Gasteiger partial charge in [-0.25, -0.2) is 0 Å². The van der Waals surface area contributed by atoms with Crippen molar-refractivity contribution in [2.45, 2.75) is 64.8 Å². The molecule has 2 saturated carbocycles. The molecule has 4 rings (SSSR count). The Balaban J connectivity index is 1.56. The molecule has 0 aromatic carbocycles. The van der Waals surface area contributed by atoms with Crippen LogP contribution in [-0.4, -0.2) is 24.4 Å². The number of hydrogen-bond donors (Lipinski definition) is 2. The molecule has 4 heteroatoms. The standard InChI is InChI=1S/C22H30N2O2/c1-4-13-23-20(26)17-7-6-15-14-5-8-18-22(3,12-10-19(25)24-18)16(14)9-11-21(15,17)2/h1,7,14-16,18H,5-6,8-13H2,2-3H3,(H,23,26)(H,24,25)/t14-,15-,16-,18+,21-,22+/m0/s1. The molecule has 1 saturated heterocycles. The van der Waals surface area contributed by atoms with E-state index in [4.69, 9.17) is 6.42 Å². The van der Waals surface area contributed by atoms with Crippen LogP contribution in [0.1, 0.15) is 58.8 Å². The topological polar surface area (TPSA) is 58.2 Å². The Morgan fingerprint density at radius 1 is 1.31 bits per heavy atom. The third-order valence-corrected chi connectivity index (χ3v) is 8.27. The SMILES string of the molecule is C#CCNC(=O)C1=CC[C@H]2[C@@H]3CC[C@H]4NC(=O)CC[C@]4(C)[C@H]3CC[C@]12C. The molecule has 26 heavy (non-hydrogen) atoms. The molecule has 0 spiro atoms. The highest BCUT2D eigenvalue weighted by Crippen LogP contribution is 2.64. The molecule has 0 aromatic heterocycles. The summed E-state index contributed by atoms with van der Waals surface area (Å²) in [6, 6.07) is 0.335. The molecule has 6 atom stereocenters. The zero-order chi connectivity index (χ0) is 18.5. The van der Waals surface area contributed by atoms with E-state index in [9.17, 15) is 9.59 Å². The first kappa shape index (κ1) is 17.6. The molecule has 140 valence electrons. The summed E-state index contributed by atoms with van der Waals surface area (Å²) in [6.45, 7) is 4.99. The van der Waals surface area contributed by atoms with Crippen LogP contribution in [0.5, 0.6) is 0 Å². The van der Waals surface area contributed by atoms with Gasteiger partial charge in [0, 0.05) is 23.5 Å². The van der Waals surface area contributed by atoms with Gasteiger partial charge in [0.15, 0.2) is 0 Å². The van der Waals surface area contributed by atoms with E-state index in [1.807, 2.05) is 0 Å². The number of nitrogens with one attached hydrogen (secondary N) is 2. The Hall–Kier alpha value is -1.76. The largest absolute Gasteiger partial charge is 0.353 e. The fraction of sp³-hybridized carbons (Fsp3) is 0.727. The van der Waals surface area contributed by atoms with E-state index in [0.29, 0.717) is 36.8 Å². The summed E-state index contributed by atoms with van der Waals surface area (Å²) >= 11 is 0. The van der Waals surface area contributed by atoms with Crippen molar-refractivity contribution < 1.29 is 9.59 Å². The minimum Gasteiger partial charge on any atom is -0.353 e. The number of amides is 2. The van der Waals surface area contributed by atoms with Crippen LogP contribution < -0.4 is 10.6 Å². The minimum absolute atomic E-state index is 0.0243. The van der Waals surface area contributed by atoms with E-state index >= 15 is 0 Å². The number of piperidine rings is 1. The molecule has 0 bridgehead atoms.